The van der Waals surface area contributed by atoms with E-state index < -0.39 is 0 Å². The maximum Gasteiger partial charge on any atom is 0.236 e. The van der Waals surface area contributed by atoms with Crippen molar-refractivity contribution in [2.45, 2.75) is 69.6 Å². The molecule has 32 heavy (non-hydrogen) atoms. The lowest BCUT2D eigenvalue weighted by atomic mass is 9.52. The maximum absolute atomic E-state index is 13.5. The summed E-state index contributed by atoms with van der Waals surface area (Å²) in [5, 5.41) is 2.84. The second-order valence-corrected chi connectivity index (χ2v) is 9.80. The molecule has 5 rings (SSSR count). The molecular weight excluding hydrogens is 403 g/mol. The number of nitrogens with zero attached hydrogens (tertiary/aromatic N) is 1. The van der Waals surface area contributed by atoms with Gasteiger partial charge in [-0.2, -0.15) is 0 Å². The Kier molecular flexibility index (Phi) is 5.70. The van der Waals surface area contributed by atoms with Crippen LogP contribution in [0.15, 0.2) is 42.5 Å². The number of likely N-dealkylation sites (N-methyl/N-ethyl adjacent to an activating group) is 1. The molecule has 1 aliphatic heterocycles. The van der Waals surface area contributed by atoms with Gasteiger partial charge in [0.15, 0.2) is 0 Å². The summed E-state index contributed by atoms with van der Waals surface area (Å²) >= 11 is 0. The molecule has 0 spiro atoms. The molecule has 2 fully saturated rings. The average Bonchev–Trinajstić information content (AvgIpc) is 2.82. The van der Waals surface area contributed by atoms with Crippen LogP contribution in [0, 0.1) is 11.7 Å². The predicted molar refractivity (Wildman–Crippen MR) is 123 cm³/mol. The first kappa shape index (κ1) is 21.4. The molecule has 4 nitrogen and oxygen atoms in total. The summed E-state index contributed by atoms with van der Waals surface area (Å²) < 4.78 is 19.6. The van der Waals surface area contributed by atoms with Gasteiger partial charge in [-0.1, -0.05) is 31.0 Å². The molecule has 5 heteroatoms. The minimum absolute atomic E-state index is 0.0969. The van der Waals surface area contributed by atoms with Gasteiger partial charge < -0.3 is 10.1 Å². The SMILES string of the molecule is CNC(=O)[C@@H](C)N1CC[C@@]23CCCC[C@@H]2[C@@H]1Cc1ccc(OCc2cccc(F)c2)cc13. The highest BCUT2D eigenvalue weighted by Gasteiger charge is 2.54. The van der Waals surface area contributed by atoms with Crippen LogP contribution < -0.4 is 10.1 Å². The number of amides is 1. The third kappa shape index (κ3) is 3.61. The van der Waals surface area contributed by atoms with Crippen LogP contribution >= 0.6 is 0 Å². The maximum atomic E-state index is 13.5. The van der Waals surface area contributed by atoms with E-state index in [0.717, 1.165) is 30.7 Å². The van der Waals surface area contributed by atoms with Crippen LogP contribution in [0.25, 0.3) is 0 Å². The second kappa shape index (κ2) is 8.51. The first-order valence-electron chi connectivity index (χ1n) is 12.0. The number of likely N-dealkylation sites (tertiary alicyclic amines) is 1. The lowest BCUT2D eigenvalue weighted by Crippen LogP contribution is -2.64. The topological polar surface area (TPSA) is 41.6 Å². The molecule has 0 unspecified atom stereocenters. The fourth-order valence-electron chi connectivity index (χ4n) is 6.74. The number of carbonyl (C=O) groups is 1. The van der Waals surface area contributed by atoms with Crippen molar-refractivity contribution in [1.29, 1.82) is 0 Å². The number of carbonyl (C=O) groups excluding carboxylic acids is 1. The van der Waals surface area contributed by atoms with Gasteiger partial charge >= 0.3 is 0 Å². The summed E-state index contributed by atoms with van der Waals surface area (Å²) in [4.78, 5) is 14.9. The number of benzene rings is 2. The second-order valence-electron chi connectivity index (χ2n) is 9.80. The molecule has 2 aliphatic carbocycles. The van der Waals surface area contributed by atoms with Crippen molar-refractivity contribution in [1.82, 2.24) is 10.2 Å². The van der Waals surface area contributed by atoms with E-state index in [-0.39, 0.29) is 23.2 Å². The molecule has 2 aromatic rings. The summed E-state index contributed by atoms with van der Waals surface area (Å²) in [5.74, 6) is 1.33. The van der Waals surface area contributed by atoms with Crippen LogP contribution in [0.4, 0.5) is 4.39 Å². The Bertz CT molecular complexity index is 1010. The Morgan fingerprint density at radius 2 is 2.12 bits per heavy atom. The van der Waals surface area contributed by atoms with Crippen LogP contribution in [-0.2, 0) is 23.2 Å². The Morgan fingerprint density at radius 3 is 2.94 bits per heavy atom. The van der Waals surface area contributed by atoms with E-state index in [1.54, 1.807) is 13.1 Å². The summed E-state index contributed by atoms with van der Waals surface area (Å²) in [6, 6.07) is 13.5. The predicted octanol–water partition coefficient (Wildman–Crippen LogP) is 4.60. The summed E-state index contributed by atoms with van der Waals surface area (Å²) in [6.07, 6.45) is 7.08. The molecule has 3 aliphatic rings. The first-order chi connectivity index (χ1) is 15.5. The van der Waals surface area contributed by atoms with Crippen molar-refractivity contribution >= 4 is 5.91 Å². The van der Waals surface area contributed by atoms with Crippen LogP contribution in [0.2, 0.25) is 0 Å². The fraction of sp³-hybridized carbons (Fsp3) is 0.519. The lowest BCUT2D eigenvalue weighted by Gasteiger charge is -2.60. The molecule has 2 aromatic carbocycles. The number of nitrogens with one attached hydrogen (secondary N) is 1. The fourth-order valence-corrected chi connectivity index (χ4v) is 6.74. The minimum Gasteiger partial charge on any atom is -0.489 e. The highest BCUT2D eigenvalue weighted by molar-refractivity contribution is 5.81. The number of fused-ring (bicyclic) bond motifs is 1. The molecule has 4 atom stereocenters. The molecule has 1 saturated heterocycles. The van der Waals surface area contributed by atoms with Gasteiger partial charge in [0.25, 0.3) is 0 Å². The minimum atomic E-state index is -0.232. The van der Waals surface area contributed by atoms with E-state index in [1.165, 1.54) is 48.9 Å². The highest BCUT2D eigenvalue weighted by Crippen LogP contribution is 2.56. The van der Waals surface area contributed by atoms with Crippen molar-refractivity contribution < 1.29 is 13.9 Å². The highest BCUT2D eigenvalue weighted by atomic mass is 19.1. The van der Waals surface area contributed by atoms with Crippen LogP contribution in [0.3, 0.4) is 0 Å². The Labute approximate surface area is 190 Å². The number of rotatable bonds is 5. The van der Waals surface area contributed by atoms with Crippen molar-refractivity contribution in [2.24, 2.45) is 5.92 Å². The first-order valence-corrected chi connectivity index (χ1v) is 12.0. The van der Waals surface area contributed by atoms with Gasteiger partial charge in [-0.3, -0.25) is 9.69 Å². The Morgan fingerprint density at radius 1 is 1.25 bits per heavy atom. The largest absolute Gasteiger partial charge is 0.489 e. The molecule has 0 aromatic heterocycles. The lowest BCUT2D eigenvalue weighted by molar-refractivity contribution is -0.129. The summed E-state index contributed by atoms with van der Waals surface area (Å²) in [6.45, 7) is 3.38. The van der Waals surface area contributed by atoms with Crippen LogP contribution in [0.1, 0.15) is 55.7 Å². The van der Waals surface area contributed by atoms with E-state index in [2.05, 4.69) is 28.4 Å². The molecular formula is C27H33FN2O2. The van der Waals surface area contributed by atoms with Gasteiger partial charge in [0, 0.05) is 25.0 Å². The van der Waals surface area contributed by atoms with E-state index >= 15 is 0 Å². The van der Waals surface area contributed by atoms with Crippen molar-refractivity contribution in [3.05, 3.63) is 65.0 Å². The average molecular weight is 437 g/mol. The van der Waals surface area contributed by atoms with Crippen LogP contribution in [-0.4, -0.2) is 36.5 Å². The van der Waals surface area contributed by atoms with Gasteiger partial charge in [-0.15, -0.1) is 0 Å². The van der Waals surface area contributed by atoms with Gasteiger partial charge in [-0.05, 0) is 79.5 Å². The van der Waals surface area contributed by atoms with Crippen molar-refractivity contribution in [2.75, 3.05) is 13.6 Å². The van der Waals surface area contributed by atoms with E-state index in [9.17, 15) is 9.18 Å². The Balaban J connectivity index is 1.44. The van der Waals surface area contributed by atoms with Crippen molar-refractivity contribution in [3.63, 3.8) is 0 Å². The van der Waals surface area contributed by atoms with Gasteiger partial charge in [0.2, 0.25) is 5.91 Å². The van der Waals surface area contributed by atoms with Gasteiger partial charge in [0.1, 0.15) is 18.2 Å². The summed E-state index contributed by atoms with van der Waals surface area (Å²) in [7, 11) is 1.73. The van der Waals surface area contributed by atoms with E-state index in [4.69, 9.17) is 4.74 Å². The quantitative estimate of drug-likeness (QED) is 0.745. The number of halogens is 1. The zero-order valence-corrected chi connectivity index (χ0v) is 19.1. The smallest absolute Gasteiger partial charge is 0.236 e. The van der Waals surface area contributed by atoms with Gasteiger partial charge in [0.05, 0.1) is 6.04 Å². The standard InChI is InChI=1S/C27H33FN2O2/c1-18(26(31)29-2)30-13-12-27-11-4-3-8-23(27)25(30)15-20-9-10-22(16-24(20)27)32-17-19-6-5-7-21(28)14-19/h5-7,9-10,14,16,18,23,25H,3-4,8,11-13,15,17H2,1-2H3,(H,29,31)/t18-,23-,25+,27+/m1/s1. The Hall–Kier alpha value is -2.40. The summed E-state index contributed by atoms with van der Waals surface area (Å²) in [5.41, 5.74) is 3.89. The molecule has 170 valence electrons. The van der Waals surface area contributed by atoms with Gasteiger partial charge in [-0.25, -0.2) is 4.39 Å². The zero-order valence-electron chi connectivity index (χ0n) is 19.1. The molecule has 1 N–H and O–H groups in total. The molecule has 0 radical (unpaired) electrons. The molecule has 2 bridgehead atoms. The van der Waals surface area contributed by atoms with E-state index in [0.29, 0.717) is 18.6 Å². The number of ether oxygens (including phenoxy) is 1. The molecule has 1 amide bonds. The number of hydrogen-bond donors (Lipinski definition) is 1. The number of hydrogen-bond acceptors (Lipinski definition) is 3. The normalized spacial score (nSPS) is 27.7. The number of piperidine rings is 1. The molecule has 1 saturated carbocycles. The monoisotopic (exact) mass is 436 g/mol. The third-order valence-electron chi connectivity index (χ3n) is 8.27. The van der Waals surface area contributed by atoms with Crippen LogP contribution in [0.5, 0.6) is 5.75 Å². The third-order valence-corrected chi connectivity index (χ3v) is 8.27. The van der Waals surface area contributed by atoms with E-state index in [1.807, 2.05) is 13.0 Å². The zero-order chi connectivity index (χ0) is 22.3. The van der Waals surface area contributed by atoms with Crippen molar-refractivity contribution in [3.8, 4) is 5.75 Å². The molecule has 1 heterocycles.